The summed E-state index contributed by atoms with van der Waals surface area (Å²) in [6.45, 7) is 9.07. The number of thioether (sulfide) groups is 1. The van der Waals surface area contributed by atoms with Crippen molar-refractivity contribution < 1.29 is 19.5 Å². The number of benzene rings is 1. The Balaban J connectivity index is 2.84. The fraction of sp³-hybridized carbons (Fsp3) is 0.550. The molecule has 0 aliphatic heterocycles. The van der Waals surface area contributed by atoms with Gasteiger partial charge >= 0.3 is 12.0 Å². The molecule has 0 aliphatic rings. The van der Waals surface area contributed by atoms with Gasteiger partial charge in [0.2, 0.25) is 5.91 Å². The van der Waals surface area contributed by atoms with Crippen LogP contribution in [0.15, 0.2) is 29.2 Å². The Kier molecular flexibility index (Phi) is 8.81. The Morgan fingerprint density at radius 2 is 1.64 bits per heavy atom. The number of carboxylic acid groups (broad SMARTS) is 1. The van der Waals surface area contributed by atoms with Gasteiger partial charge in [0.15, 0.2) is 0 Å². The quantitative estimate of drug-likeness (QED) is 0.491. The van der Waals surface area contributed by atoms with Crippen LogP contribution in [0.1, 0.15) is 41.0 Å². The highest BCUT2D eigenvalue weighted by atomic mass is 32.2. The zero-order valence-corrected chi connectivity index (χ0v) is 18.1. The first kappa shape index (κ1) is 23.8. The second-order valence-electron chi connectivity index (χ2n) is 8.15. The van der Waals surface area contributed by atoms with E-state index >= 15 is 0 Å². The van der Waals surface area contributed by atoms with Crippen molar-refractivity contribution in [3.05, 3.63) is 24.3 Å². The molecule has 0 aromatic heterocycles. The van der Waals surface area contributed by atoms with Gasteiger partial charge in [0.05, 0.1) is 0 Å². The molecule has 0 aliphatic carbocycles. The number of urea groups is 1. The summed E-state index contributed by atoms with van der Waals surface area (Å²) in [7, 11) is 0. The third-order valence-electron chi connectivity index (χ3n) is 4.08. The van der Waals surface area contributed by atoms with E-state index in [2.05, 4.69) is 16.0 Å². The van der Waals surface area contributed by atoms with Gasteiger partial charge in [-0.3, -0.25) is 4.79 Å². The standard InChI is InChI=1S/C20H31N3O4S/c1-12(2)11-15(17(24)23-16(18(25)26)20(3,4)5)22-19(27)21-13-7-9-14(28-6)10-8-13/h7-10,12,15-16H,11H2,1-6H3,(H,23,24)(H,25,26)(H2,21,22,27)/t15-,16?/m0/s1. The molecular weight excluding hydrogens is 378 g/mol. The van der Waals surface area contributed by atoms with E-state index in [-0.39, 0.29) is 5.92 Å². The molecular formula is C20H31N3O4S. The zero-order chi connectivity index (χ0) is 21.5. The molecule has 0 saturated heterocycles. The van der Waals surface area contributed by atoms with Gasteiger partial charge in [-0.05, 0) is 48.3 Å². The lowest BCUT2D eigenvalue weighted by Crippen LogP contribution is -2.56. The summed E-state index contributed by atoms with van der Waals surface area (Å²) in [5, 5.41) is 17.4. The highest BCUT2D eigenvalue weighted by Crippen LogP contribution is 2.20. The molecule has 3 amide bonds. The normalized spacial score (nSPS) is 13.5. The number of carbonyl (C=O) groups excluding carboxylic acids is 2. The Bertz CT molecular complexity index is 684. The number of rotatable bonds is 8. The molecule has 7 nitrogen and oxygen atoms in total. The lowest BCUT2D eigenvalue weighted by atomic mass is 9.86. The maximum atomic E-state index is 12.7. The number of carbonyl (C=O) groups is 3. The van der Waals surface area contributed by atoms with Crippen molar-refractivity contribution in [2.24, 2.45) is 11.3 Å². The predicted molar refractivity (Wildman–Crippen MR) is 113 cm³/mol. The van der Waals surface area contributed by atoms with E-state index in [0.717, 1.165) is 4.90 Å². The van der Waals surface area contributed by atoms with Crippen molar-refractivity contribution in [1.29, 1.82) is 0 Å². The van der Waals surface area contributed by atoms with Crippen LogP contribution in [0, 0.1) is 11.3 Å². The summed E-state index contributed by atoms with van der Waals surface area (Å²) in [6.07, 6.45) is 2.35. The van der Waals surface area contributed by atoms with Crippen LogP contribution < -0.4 is 16.0 Å². The number of hydrogen-bond acceptors (Lipinski definition) is 4. The van der Waals surface area contributed by atoms with Gasteiger partial charge in [-0.15, -0.1) is 11.8 Å². The van der Waals surface area contributed by atoms with Crippen LogP contribution in [0.4, 0.5) is 10.5 Å². The predicted octanol–water partition coefficient (Wildman–Crippen LogP) is 3.56. The number of amides is 3. The number of hydrogen-bond donors (Lipinski definition) is 4. The summed E-state index contributed by atoms with van der Waals surface area (Å²) in [4.78, 5) is 37.6. The van der Waals surface area contributed by atoms with E-state index in [1.807, 2.05) is 32.2 Å². The first-order valence-corrected chi connectivity index (χ1v) is 10.4. The van der Waals surface area contributed by atoms with Gasteiger partial charge in [-0.2, -0.15) is 0 Å². The summed E-state index contributed by atoms with van der Waals surface area (Å²) >= 11 is 1.60. The largest absolute Gasteiger partial charge is 0.480 e. The topological polar surface area (TPSA) is 108 Å². The molecule has 156 valence electrons. The van der Waals surface area contributed by atoms with Crippen molar-refractivity contribution in [3.8, 4) is 0 Å². The first-order chi connectivity index (χ1) is 12.9. The SMILES string of the molecule is CSc1ccc(NC(=O)N[C@@H](CC(C)C)C(=O)NC(C(=O)O)C(C)(C)C)cc1. The zero-order valence-electron chi connectivity index (χ0n) is 17.3. The van der Waals surface area contributed by atoms with Crippen molar-refractivity contribution in [1.82, 2.24) is 10.6 Å². The molecule has 0 fully saturated rings. The van der Waals surface area contributed by atoms with Gasteiger partial charge < -0.3 is 21.1 Å². The van der Waals surface area contributed by atoms with Gasteiger partial charge in [-0.1, -0.05) is 34.6 Å². The first-order valence-electron chi connectivity index (χ1n) is 9.18. The van der Waals surface area contributed by atoms with Crippen molar-refractivity contribution in [2.45, 2.75) is 58.0 Å². The molecule has 1 aromatic carbocycles. The lowest BCUT2D eigenvalue weighted by Gasteiger charge is -2.30. The molecule has 1 unspecified atom stereocenters. The second kappa shape index (κ2) is 10.4. The Morgan fingerprint density at radius 1 is 1.07 bits per heavy atom. The molecule has 0 radical (unpaired) electrons. The fourth-order valence-corrected chi connectivity index (χ4v) is 3.00. The van der Waals surface area contributed by atoms with Crippen LogP contribution >= 0.6 is 11.8 Å². The van der Waals surface area contributed by atoms with E-state index in [9.17, 15) is 19.5 Å². The third-order valence-corrected chi connectivity index (χ3v) is 4.82. The molecule has 1 aromatic rings. The molecule has 1 rings (SSSR count). The average Bonchev–Trinajstić information content (AvgIpc) is 2.57. The van der Waals surface area contributed by atoms with Gasteiger partial charge in [0.25, 0.3) is 0 Å². The van der Waals surface area contributed by atoms with Crippen LogP contribution in [0.2, 0.25) is 0 Å². The molecule has 4 N–H and O–H groups in total. The molecule has 0 bridgehead atoms. The summed E-state index contributed by atoms with van der Waals surface area (Å²) in [6, 6.07) is 4.93. The molecule has 8 heteroatoms. The highest BCUT2D eigenvalue weighted by Gasteiger charge is 2.34. The van der Waals surface area contributed by atoms with E-state index in [1.54, 1.807) is 44.7 Å². The Hall–Kier alpha value is -2.22. The average molecular weight is 410 g/mol. The summed E-state index contributed by atoms with van der Waals surface area (Å²) in [5.41, 5.74) is -0.0531. The Morgan fingerprint density at radius 3 is 2.07 bits per heavy atom. The Labute approximate surface area is 171 Å². The molecule has 0 heterocycles. The minimum Gasteiger partial charge on any atom is -0.480 e. The smallest absolute Gasteiger partial charge is 0.326 e. The van der Waals surface area contributed by atoms with Crippen LogP contribution in [-0.2, 0) is 9.59 Å². The van der Waals surface area contributed by atoms with Crippen molar-refractivity contribution in [3.63, 3.8) is 0 Å². The fourth-order valence-electron chi connectivity index (χ4n) is 2.59. The van der Waals surface area contributed by atoms with E-state index < -0.39 is 35.4 Å². The number of nitrogens with one attached hydrogen (secondary N) is 3. The minimum absolute atomic E-state index is 0.134. The molecule has 0 spiro atoms. The van der Waals surface area contributed by atoms with Crippen molar-refractivity contribution >= 4 is 35.4 Å². The summed E-state index contributed by atoms with van der Waals surface area (Å²) in [5.74, 6) is -1.48. The monoisotopic (exact) mass is 409 g/mol. The van der Waals surface area contributed by atoms with Gasteiger partial charge in [0, 0.05) is 10.6 Å². The minimum atomic E-state index is -1.11. The highest BCUT2D eigenvalue weighted by molar-refractivity contribution is 7.98. The molecule has 28 heavy (non-hydrogen) atoms. The van der Waals surface area contributed by atoms with Crippen molar-refractivity contribution in [2.75, 3.05) is 11.6 Å². The van der Waals surface area contributed by atoms with Crippen LogP contribution in [0.5, 0.6) is 0 Å². The summed E-state index contributed by atoms with van der Waals surface area (Å²) < 4.78 is 0. The van der Waals surface area contributed by atoms with E-state index in [1.165, 1.54) is 0 Å². The number of aliphatic carboxylic acids is 1. The van der Waals surface area contributed by atoms with Gasteiger partial charge in [0.1, 0.15) is 12.1 Å². The maximum Gasteiger partial charge on any atom is 0.326 e. The third kappa shape index (κ3) is 7.80. The van der Waals surface area contributed by atoms with Gasteiger partial charge in [-0.25, -0.2) is 9.59 Å². The van der Waals surface area contributed by atoms with E-state index in [0.29, 0.717) is 12.1 Å². The molecule has 2 atom stereocenters. The number of anilines is 1. The second-order valence-corrected chi connectivity index (χ2v) is 9.03. The van der Waals surface area contributed by atoms with Crippen LogP contribution in [0.3, 0.4) is 0 Å². The van der Waals surface area contributed by atoms with E-state index in [4.69, 9.17) is 0 Å². The number of carboxylic acids is 1. The van der Waals surface area contributed by atoms with Crippen LogP contribution in [0.25, 0.3) is 0 Å². The lowest BCUT2D eigenvalue weighted by molar-refractivity contribution is -0.145. The van der Waals surface area contributed by atoms with Crippen LogP contribution in [-0.4, -0.2) is 41.4 Å². The molecule has 0 saturated carbocycles. The maximum absolute atomic E-state index is 12.7.